The van der Waals surface area contributed by atoms with Gasteiger partial charge in [-0.2, -0.15) is 0 Å². The monoisotopic (exact) mass is 129 g/mol. The Labute approximate surface area is 58.1 Å². The van der Waals surface area contributed by atoms with Crippen LogP contribution in [0.1, 0.15) is 33.6 Å². The molecule has 1 unspecified atom stereocenters. The number of hydrogen-bond donors (Lipinski definition) is 1. The second-order valence-corrected chi connectivity index (χ2v) is 2.93. The smallest absolute Gasteiger partial charge is 0.0545 e. The van der Waals surface area contributed by atoms with Crippen molar-refractivity contribution in [3.05, 3.63) is 6.42 Å². The van der Waals surface area contributed by atoms with Gasteiger partial charge in [0.05, 0.1) is 6.10 Å². The lowest BCUT2D eigenvalue weighted by Crippen LogP contribution is -2.09. The van der Waals surface area contributed by atoms with Gasteiger partial charge in [0.2, 0.25) is 0 Å². The molecular formula is C8H17O. The molecule has 1 heteroatoms. The Morgan fingerprint density at radius 2 is 2.00 bits per heavy atom. The molecule has 0 fully saturated rings. The van der Waals surface area contributed by atoms with Crippen LogP contribution < -0.4 is 0 Å². The molecule has 0 aliphatic carbocycles. The van der Waals surface area contributed by atoms with Gasteiger partial charge in [-0.25, -0.2) is 0 Å². The van der Waals surface area contributed by atoms with Crippen LogP contribution in [0.5, 0.6) is 0 Å². The molecule has 0 aliphatic rings. The molecule has 0 saturated heterocycles. The molecule has 0 aromatic heterocycles. The molecule has 0 amide bonds. The lowest BCUT2D eigenvalue weighted by Gasteiger charge is -2.10. The summed E-state index contributed by atoms with van der Waals surface area (Å²) in [5.41, 5.74) is 0. The van der Waals surface area contributed by atoms with Gasteiger partial charge < -0.3 is 5.11 Å². The molecule has 55 valence electrons. The van der Waals surface area contributed by atoms with Gasteiger partial charge in [-0.1, -0.05) is 20.8 Å². The summed E-state index contributed by atoms with van der Waals surface area (Å²) in [6.07, 6.45) is 3.64. The highest BCUT2D eigenvalue weighted by Gasteiger charge is 2.03. The average molecular weight is 129 g/mol. The number of aliphatic hydroxyl groups is 1. The summed E-state index contributed by atoms with van der Waals surface area (Å²) < 4.78 is 0. The molecule has 1 nitrogen and oxygen atoms in total. The topological polar surface area (TPSA) is 20.2 Å². The Balaban J connectivity index is 3.15. The Hall–Kier alpha value is -0.0400. The summed E-state index contributed by atoms with van der Waals surface area (Å²) >= 11 is 0. The van der Waals surface area contributed by atoms with Crippen molar-refractivity contribution in [1.29, 1.82) is 0 Å². The van der Waals surface area contributed by atoms with E-state index in [2.05, 4.69) is 13.8 Å². The molecule has 0 bridgehead atoms. The molecule has 0 spiro atoms. The van der Waals surface area contributed by atoms with Gasteiger partial charge in [0.15, 0.2) is 0 Å². The van der Waals surface area contributed by atoms with E-state index >= 15 is 0 Å². The van der Waals surface area contributed by atoms with Crippen LogP contribution >= 0.6 is 0 Å². The van der Waals surface area contributed by atoms with Crippen molar-refractivity contribution in [3.63, 3.8) is 0 Å². The van der Waals surface area contributed by atoms with Crippen molar-refractivity contribution in [3.8, 4) is 0 Å². The molecule has 0 rings (SSSR count). The predicted octanol–water partition coefficient (Wildman–Crippen LogP) is 2.01. The molecule has 0 aromatic carbocycles. The first kappa shape index (κ1) is 8.96. The number of rotatable bonds is 4. The van der Waals surface area contributed by atoms with E-state index in [-0.39, 0.29) is 6.10 Å². The fraction of sp³-hybridized carbons (Fsp3) is 0.875. The standard InChI is InChI=1S/C8H17O/c1-4-5-8(9)6-7(2)3/h4,7-9H,5-6H2,1-3H3. The molecule has 0 saturated carbocycles. The van der Waals surface area contributed by atoms with Gasteiger partial charge in [0, 0.05) is 0 Å². The predicted molar refractivity (Wildman–Crippen MR) is 40.1 cm³/mol. The van der Waals surface area contributed by atoms with Crippen LogP contribution in [0, 0.1) is 12.3 Å². The fourth-order valence-electron chi connectivity index (χ4n) is 0.912. The summed E-state index contributed by atoms with van der Waals surface area (Å²) in [5, 5.41) is 9.19. The molecule has 1 N–H and O–H groups in total. The van der Waals surface area contributed by atoms with Crippen molar-refractivity contribution >= 4 is 0 Å². The first-order valence-corrected chi connectivity index (χ1v) is 3.62. The van der Waals surface area contributed by atoms with E-state index in [0.29, 0.717) is 5.92 Å². The van der Waals surface area contributed by atoms with Gasteiger partial charge >= 0.3 is 0 Å². The molecule has 1 atom stereocenters. The molecule has 0 aromatic rings. The zero-order valence-corrected chi connectivity index (χ0v) is 6.59. The highest BCUT2D eigenvalue weighted by Crippen LogP contribution is 2.07. The van der Waals surface area contributed by atoms with E-state index < -0.39 is 0 Å². The molecule has 0 heterocycles. The van der Waals surface area contributed by atoms with Crippen LogP contribution in [-0.4, -0.2) is 11.2 Å². The van der Waals surface area contributed by atoms with E-state index in [1.807, 2.05) is 13.3 Å². The van der Waals surface area contributed by atoms with E-state index in [4.69, 9.17) is 0 Å². The van der Waals surface area contributed by atoms with Crippen molar-refractivity contribution < 1.29 is 5.11 Å². The van der Waals surface area contributed by atoms with Crippen LogP contribution in [0.3, 0.4) is 0 Å². The van der Waals surface area contributed by atoms with E-state index in [1.165, 1.54) is 0 Å². The second kappa shape index (κ2) is 4.80. The van der Waals surface area contributed by atoms with Crippen LogP contribution in [0.2, 0.25) is 0 Å². The minimum atomic E-state index is -0.116. The number of hydrogen-bond acceptors (Lipinski definition) is 1. The van der Waals surface area contributed by atoms with Crippen LogP contribution in [0.25, 0.3) is 0 Å². The van der Waals surface area contributed by atoms with Gasteiger partial charge in [-0.05, 0) is 25.2 Å². The fourth-order valence-corrected chi connectivity index (χ4v) is 0.912. The maximum Gasteiger partial charge on any atom is 0.0545 e. The van der Waals surface area contributed by atoms with Crippen LogP contribution in [0.4, 0.5) is 0 Å². The van der Waals surface area contributed by atoms with Crippen LogP contribution in [0.15, 0.2) is 0 Å². The first-order valence-electron chi connectivity index (χ1n) is 3.62. The SMILES string of the molecule is C[CH]CC(O)CC(C)C. The summed E-state index contributed by atoms with van der Waals surface area (Å²) in [7, 11) is 0. The average Bonchev–Trinajstić information content (AvgIpc) is 1.63. The van der Waals surface area contributed by atoms with Crippen molar-refractivity contribution in [2.24, 2.45) is 5.92 Å². The van der Waals surface area contributed by atoms with Gasteiger partial charge in [-0.3, -0.25) is 0 Å². The Bertz CT molecular complexity index is 59.6. The zero-order chi connectivity index (χ0) is 7.28. The Morgan fingerprint density at radius 1 is 1.44 bits per heavy atom. The third-order valence-corrected chi connectivity index (χ3v) is 1.25. The minimum absolute atomic E-state index is 0.116. The van der Waals surface area contributed by atoms with E-state index in [1.54, 1.807) is 0 Å². The van der Waals surface area contributed by atoms with E-state index in [0.717, 1.165) is 12.8 Å². The maximum absolute atomic E-state index is 9.19. The quantitative estimate of drug-likeness (QED) is 0.615. The molecule has 9 heavy (non-hydrogen) atoms. The molecular weight excluding hydrogens is 112 g/mol. The van der Waals surface area contributed by atoms with Crippen molar-refractivity contribution in [1.82, 2.24) is 0 Å². The van der Waals surface area contributed by atoms with Gasteiger partial charge in [0.25, 0.3) is 0 Å². The highest BCUT2D eigenvalue weighted by atomic mass is 16.3. The zero-order valence-electron chi connectivity index (χ0n) is 6.59. The molecule has 0 aliphatic heterocycles. The summed E-state index contributed by atoms with van der Waals surface area (Å²) in [5.74, 6) is 0.611. The summed E-state index contributed by atoms with van der Waals surface area (Å²) in [6, 6.07) is 0. The van der Waals surface area contributed by atoms with Crippen molar-refractivity contribution in [2.45, 2.75) is 39.7 Å². The van der Waals surface area contributed by atoms with Gasteiger partial charge in [0.1, 0.15) is 0 Å². The minimum Gasteiger partial charge on any atom is -0.393 e. The lowest BCUT2D eigenvalue weighted by molar-refractivity contribution is 0.148. The summed E-state index contributed by atoms with van der Waals surface area (Å²) in [6.45, 7) is 6.22. The first-order chi connectivity index (χ1) is 4.16. The van der Waals surface area contributed by atoms with Crippen LogP contribution in [-0.2, 0) is 0 Å². The Kier molecular flexibility index (Phi) is 4.78. The van der Waals surface area contributed by atoms with Gasteiger partial charge in [-0.15, -0.1) is 0 Å². The van der Waals surface area contributed by atoms with Crippen molar-refractivity contribution in [2.75, 3.05) is 0 Å². The van der Waals surface area contributed by atoms with E-state index in [9.17, 15) is 5.11 Å². The second-order valence-electron chi connectivity index (χ2n) is 2.93. The maximum atomic E-state index is 9.19. The summed E-state index contributed by atoms with van der Waals surface area (Å²) in [4.78, 5) is 0. The third-order valence-electron chi connectivity index (χ3n) is 1.25. The third kappa shape index (κ3) is 5.84. The largest absolute Gasteiger partial charge is 0.393 e. The molecule has 1 radical (unpaired) electrons. The normalized spacial score (nSPS) is 14.3. The highest BCUT2D eigenvalue weighted by molar-refractivity contribution is 4.65. The Morgan fingerprint density at radius 3 is 2.33 bits per heavy atom. The number of aliphatic hydroxyl groups excluding tert-OH is 1. The lowest BCUT2D eigenvalue weighted by atomic mass is 10.0.